The number of benzene rings is 1. The van der Waals surface area contributed by atoms with Crippen LogP contribution in [0.2, 0.25) is 0 Å². The minimum Gasteiger partial charge on any atom is -0.136 e. The number of allylic oxidation sites excluding steroid dienone is 1. The lowest BCUT2D eigenvalue weighted by molar-refractivity contribution is 0.784. The predicted molar refractivity (Wildman–Crippen MR) is 68.5 cm³/mol. The fourth-order valence-electron chi connectivity index (χ4n) is 2.61. The van der Waals surface area contributed by atoms with Crippen LogP contribution in [0.15, 0.2) is 29.8 Å². The van der Waals surface area contributed by atoms with Gasteiger partial charge in [-0.15, -0.1) is 11.3 Å². The third-order valence-corrected chi connectivity index (χ3v) is 4.46. The van der Waals surface area contributed by atoms with Gasteiger partial charge in [0.2, 0.25) is 0 Å². The number of fused-ring (bicyclic) bond motifs is 3. The largest absolute Gasteiger partial charge is 0.136 e. The smallest absolute Gasteiger partial charge is 0.0352 e. The lowest BCUT2D eigenvalue weighted by Gasteiger charge is -2.10. The Morgan fingerprint density at radius 1 is 1.27 bits per heavy atom. The zero-order valence-electron chi connectivity index (χ0n) is 9.08. The molecule has 0 bridgehead atoms. The Balaban J connectivity index is 2.32. The Kier molecular flexibility index (Phi) is 1.96. The molecule has 3 rings (SSSR count). The summed E-state index contributed by atoms with van der Waals surface area (Å²) in [5.74, 6) is 0.663. The number of rotatable bonds is 1. The van der Waals surface area contributed by atoms with E-state index in [0.29, 0.717) is 5.92 Å². The van der Waals surface area contributed by atoms with Crippen LogP contribution in [0.4, 0.5) is 0 Å². The highest BCUT2D eigenvalue weighted by Gasteiger charge is 2.25. The molecule has 15 heavy (non-hydrogen) atoms. The van der Waals surface area contributed by atoms with Gasteiger partial charge in [0.05, 0.1) is 0 Å². The molecule has 1 aromatic heterocycles. The average Bonchev–Trinajstić information content (AvgIpc) is 2.72. The summed E-state index contributed by atoms with van der Waals surface area (Å²) in [4.78, 5) is 1.49. The summed E-state index contributed by atoms with van der Waals surface area (Å²) in [5, 5.41) is 1.47. The van der Waals surface area contributed by atoms with Crippen molar-refractivity contribution >= 4 is 27.5 Å². The van der Waals surface area contributed by atoms with Gasteiger partial charge in [0.15, 0.2) is 0 Å². The fraction of sp³-hybridized carbons (Fsp3) is 0.286. The van der Waals surface area contributed by atoms with Gasteiger partial charge in [-0.25, -0.2) is 0 Å². The minimum absolute atomic E-state index is 0.663. The average molecular weight is 214 g/mol. The Morgan fingerprint density at radius 3 is 2.87 bits per heavy atom. The first-order chi connectivity index (χ1) is 7.31. The Labute approximate surface area is 94.2 Å². The highest BCUT2D eigenvalue weighted by molar-refractivity contribution is 7.20. The zero-order chi connectivity index (χ0) is 10.4. The molecule has 1 aliphatic rings. The van der Waals surface area contributed by atoms with Gasteiger partial charge in [0, 0.05) is 15.5 Å². The van der Waals surface area contributed by atoms with E-state index in [0.717, 1.165) is 0 Å². The third-order valence-electron chi connectivity index (χ3n) is 3.33. The molecule has 2 aromatic rings. The van der Waals surface area contributed by atoms with E-state index in [1.807, 2.05) is 11.3 Å². The van der Waals surface area contributed by atoms with Crippen LogP contribution >= 0.6 is 11.3 Å². The minimum atomic E-state index is 0.663. The SMILES string of the molecule is CCC1C(C)=Cc2sc3ccccc3c21. The van der Waals surface area contributed by atoms with Gasteiger partial charge in [-0.1, -0.05) is 30.7 Å². The monoisotopic (exact) mass is 214 g/mol. The third kappa shape index (κ3) is 1.19. The molecule has 0 spiro atoms. The maximum atomic E-state index is 2.37. The molecule has 0 amide bonds. The van der Waals surface area contributed by atoms with Crippen LogP contribution in [0, 0.1) is 0 Å². The van der Waals surface area contributed by atoms with E-state index in [1.165, 1.54) is 27.0 Å². The molecule has 1 heterocycles. The number of hydrogen-bond acceptors (Lipinski definition) is 1. The van der Waals surface area contributed by atoms with Gasteiger partial charge in [0.25, 0.3) is 0 Å². The lowest BCUT2D eigenvalue weighted by atomic mass is 9.93. The normalized spacial score (nSPS) is 19.3. The van der Waals surface area contributed by atoms with Gasteiger partial charge in [-0.2, -0.15) is 0 Å². The van der Waals surface area contributed by atoms with Crippen molar-refractivity contribution in [3.8, 4) is 0 Å². The second kappa shape index (κ2) is 3.21. The Morgan fingerprint density at radius 2 is 2.07 bits per heavy atom. The summed E-state index contributed by atoms with van der Waals surface area (Å²) < 4.78 is 1.43. The molecule has 0 saturated carbocycles. The molecule has 1 atom stereocenters. The van der Waals surface area contributed by atoms with E-state index < -0.39 is 0 Å². The van der Waals surface area contributed by atoms with Crippen LogP contribution in [0.5, 0.6) is 0 Å². The first kappa shape index (κ1) is 9.17. The van der Waals surface area contributed by atoms with Crippen molar-refractivity contribution in [2.75, 3.05) is 0 Å². The van der Waals surface area contributed by atoms with E-state index in [9.17, 15) is 0 Å². The van der Waals surface area contributed by atoms with E-state index in [-0.39, 0.29) is 0 Å². The van der Waals surface area contributed by atoms with E-state index in [1.54, 1.807) is 5.56 Å². The van der Waals surface area contributed by atoms with Gasteiger partial charge in [-0.05, 0) is 36.4 Å². The highest BCUT2D eigenvalue weighted by Crippen LogP contribution is 2.46. The molecule has 0 fully saturated rings. The van der Waals surface area contributed by atoms with Gasteiger partial charge >= 0.3 is 0 Å². The van der Waals surface area contributed by atoms with Crippen LogP contribution in [-0.4, -0.2) is 0 Å². The highest BCUT2D eigenvalue weighted by atomic mass is 32.1. The van der Waals surface area contributed by atoms with Crippen molar-refractivity contribution in [3.63, 3.8) is 0 Å². The maximum Gasteiger partial charge on any atom is 0.0352 e. The number of thiophene rings is 1. The summed E-state index contributed by atoms with van der Waals surface area (Å²) in [6, 6.07) is 8.77. The summed E-state index contributed by atoms with van der Waals surface area (Å²) in [7, 11) is 0. The fourth-order valence-corrected chi connectivity index (χ4v) is 3.89. The van der Waals surface area contributed by atoms with Gasteiger partial charge in [0.1, 0.15) is 0 Å². The molecule has 1 heteroatoms. The molecule has 1 aromatic carbocycles. The molecule has 76 valence electrons. The van der Waals surface area contributed by atoms with Crippen LogP contribution in [0.3, 0.4) is 0 Å². The van der Waals surface area contributed by atoms with E-state index in [4.69, 9.17) is 0 Å². The first-order valence-corrected chi connectivity index (χ1v) is 6.32. The molecule has 0 saturated heterocycles. The molecular weight excluding hydrogens is 200 g/mol. The summed E-state index contributed by atoms with van der Waals surface area (Å²) >= 11 is 1.93. The summed E-state index contributed by atoms with van der Waals surface area (Å²) in [5.41, 5.74) is 3.11. The second-order valence-electron chi connectivity index (χ2n) is 4.23. The standard InChI is InChI=1S/C14H14S/c1-3-10-9(2)8-13-14(10)11-6-4-5-7-12(11)15-13/h4-8,10H,3H2,1-2H3. The molecule has 1 unspecified atom stereocenters. The van der Waals surface area contributed by atoms with Crippen LogP contribution in [-0.2, 0) is 0 Å². The Bertz CT molecular complexity index is 545. The number of hydrogen-bond donors (Lipinski definition) is 0. The maximum absolute atomic E-state index is 2.37. The van der Waals surface area contributed by atoms with Gasteiger partial charge < -0.3 is 0 Å². The van der Waals surface area contributed by atoms with Crippen LogP contribution < -0.4 is 0 Å². The van der Waals surface area contributed by atoms with Gasteiger partial charge in [-0.3, -0.25) is 0 Å². The molecule has 1 aliphatic carbocycles. The Hall–Kier alpha value is -1.08. The molecule has 0 radical (unpaired) electrons. The van der Waals surface area contributed by atoms with Crippen LogP contribution in [0.1, 0.15) is 36.6 Å². The zero-order valence-corrected chi connectivity index (χ0v) is 9.90. The predicted octanol–water partition coefficient (Wildman–Crippen LogP) is 4.81. The topological polar surface area (TPSA) is 0 Å². The lowest BCUT2D eigenvalue weighted by Crippen LogP contribution is -1.93. The van der Waals surface area contributed by atoms with Crippen LogP contribution in [0.25, 0.3) is 16.2 Å². The van der Waals surface area contributed by atoms with Crippen molar-refractivity contribution in [3.05, 3.63) is 40.3 Å². The quantitative estimate of drug-likeness (QED) is 0.639. The summed E-state index contributed by atoms with van der Waals surface area (Å²) in [6.45, 7) is 4.54. The molecule has 0 aliphatic heterocycles. The first-order valence-electron chi connectivity index (χ1n) is 5.51. The van der Waals surface area contributed by atoms with E-state index in [2.05, 4.69) is 44.2 Å². The van der Waals surface area contributed by atoms with Crippen molar-refractivity contribution in [2.45, 2.75) is 26.2 Å². The molecule has 0 nitrogen and oxygen atoms in total. The van der Waals surface area contributed by atoms with Crippen molar-refractivity contribution < 1.29 is 0 Å². The second-order valence-corrected chi connectivity index (χ2v) is 5.31. The van der Waals surface area contributed by atoms with Crippen molar-refractivity contribution in [1.82, 2.24) is 0 Å². The van der Waals surface area contributed by atoms with Crippen molar-refractivity contribution in [1.29, 1.82) is 0 Å². The molecular formula is C14H14S. The van der Waals surface area contributed by atoms with E-state index >= 15 is 0 Å². The molecule has 0 N–H and O–H groups in total. The van der Waals surface area contributed by atoms with Crippen molar-refractivity contribution in [2.24, 2.45) is 0 Å². The summed E-state index contributed by atoms with van der Waals surface area (Å²) in [6.07, 6.45) is 3.59.